The highest BCUT2D eigenvalue weighted by Crippen LogP contribution is 2.29. The van der Waals surface area contributed by atoms with E-state index in [1.54, 1.807) is 11.3 Å². The molecule has 1 unspecified atom stereocenters. The Kier molecular flexibility index (Phi) is 3.42. The standard InChI is InChI=1S/C15H15ClOS/c16-15-7-6-13(18-15)9-14(17)12-5-4-10-2-1-3-11(10)8-12/h4-8,14,17H,1-3,9H2. The molecule has 1 aliphatic rings. The van der Waals surface area contributed by atoms with E-state index in [0.29, 0.717) is 6.42 Å². The fraction of sp³-hybridized carbons (Fsp3) is 0.333. The molecule has 1 nitrogen and oxygen atoms in total. The van der Waals surface area contributed by atoms with Gasteiger partial charge in [-0.15, -0.1) is 11.3 Å². The van der Waals surface area contributed by atoms with Gasteiger partial charge in [0.25, 0.3) is 0 Å². The summed E-state index contributed by atoms with van der Waals surface area (Å²) in [5.74, 6) is 0. The molecule has 3 rings (SSSR count). The topological polar surface area (TPSA) is 20.2 Å². The molecule has 94 valence electrons. The number of halogens is 1. The first-order valence-corrected chi connectivity index (χ1v) is 7.46. The first-order valence-electron chi connectivity index (χ1n) is 6.26. The highest BCUT2D eigenvalue weighted by Gasteiger charge is 2.15. The number of thiophene rings is 1. The second-order valence-corrected chi connectivity index (χ2v) is 6.61. The van der Waals surface area contributed by atoms with Crippen LogP contribution in [0.1, 0.15) is 34.1 Å². The number of aliphatic hydroxyl groups is 1. The molecule has 3 heteroatoms. The van der Waals surface area contributed by atoms with Gasteiger partial charge in [-0.1, -0.05) is 29.8 Å². The Morgan fingerprint density at radius 3 is 2.78 bits per heavy atom. The third-order valence-corrected chi connectivity index (χ3v) is 4.78. The van der Waals surface area contributed by atoms with E-state index in [4.69, 9.17) is 11.6 Å². The van der Waals surface area contributed by atoms with Crippen LogP contribution in [0, 0.1) is 0 Å². The van der Waals surface area contributed by atoms with Crippen LogP contribution in [0.25, 0.3) is 0 Å². The molecular weight excluding hydrogens is 264 g/mol. The van der Waals surface area contributed by atoms with E-state index in [1.165, 1.54) is 24.0 Å². The van der Waals surface area contributed by atoms with Crippen LogP contribution in [-0.2, 0) is 19.3 Å². The smallest absolute Gasteiger partial charge is 0.0931 e. The summed E-state index contributed by atoms with van der Waals surface area (Å²) in [7, 11) is 0. The Morgan fingerprint density at radius 1 is 1.17 bits per heavy atom. The molecule has 0 amide bonds. The molecule has 1 heterocycles. The molecular formula is C15H15ClOS. The van der Waals surface area contributed by atoms with Gasteiger partial charge in [-0.25, -0.2) is 0 Å². The van der Waals surface area contributed by atoms with Gasteiger partial charge >= 0.3 is 0 Å². The Bertz CT molecular complexity index is 561. The number of aliphatic hydroxyl groups excluding tert-OH is 1. The highest BCUT2D eigenvalue weighted by molar-refractivity contribution is 7.16. The van der Waals surface area contributed by atoms with Crippen molar-refractivity contribution in [1.29, 1.82) is 0 Å². The van der Waals surface area contributed by atoms with Gasteiger partial charge < -0.3 is 5.11 Å². The van der Waals surface area contributed by atoms with E-state index in [0.717, 1.165) is 21.2 Å². The number of rotatable bonds is 3. The summed E-state index contributed by atoms with van der Waals surface area (Å²) >= 11 is 7.45. The third-order valence-electron chi connectivity index (χ3n) is 3.53. The Balaban J connectivity index is 1.78. The van der Waals surface area contributed by atoms with Crippen molar-refractivity contribution < 1.29 is 5.11 Å². The molecule has 1 aromatic carbocycles. The number of benzene rings is 1. The zero-order chi connectivity index (χ0) is 12.5. The average Bonchev–Trinajstić information content (AvgIpc) is 2.96. The summed E-state index contributed by atoms with van der Waals surface area (Å²) in [6.45, 7) is 0. The zero-order valence-corrected chi connectivity index (χ0v) is 11.6. The van der Waals surface area contributed by atoms with E-state index < -0.39 is 6.10 Å². The van der Waals surface area contributed by atoms with Crippen LogP contribution < -0.4 is 0 Å². The molecule has 1 atom stereocenters. The van der Waals surface area contributed by atoms with Crippen LogP contribution in [0.5, 0.6) is 0 Å². The van der Waals surface area contributed by atoms with Gasteiger partial charge in [-0.3, -0.25) is 0 Å². The molecule has 0 aliphatic heterocycles. The summed E-state index contributed by atoms with van der Waals surface area (Å²) in [4.78, 5) is 1.13. The molecule has 18 heavy (non-hydrogen) atoms. The largest absolute Gasteiger partial charge is 0.388 e. The van der Waals surface area contributed by atoms with Crippen LogP contribution >= 0.6 is 22.9 Å². The van der Waals surface area contributed by atoms with Gasteiger partial charge in [0.15, 0.2) is 0 Å². The van der Waals surface area contributed by atoms with E-state index in [2.05, 4.69) is 18.2 Å². The maximum absolute atomic E-state index is 10.3. The lowest BCUT2D eigenvalue weighted by Crippen LogP contribution is -2.01. The zero-order valence-electron chi connectivity index (χ0n) is 10.0. The van der Waals surface area contributed by atoms with Crippen LogP contribution in [0.15, 0.2) is 30.3 Å². The molecule has 0 saturated heterocycles. The van der Waals surface area contributed by atoms with Gasteiger partial charge in [0.05, 0.1) is 10.4 Å². The minimum Gasteiger partial charge on any atom is -0.388 e. The predicted molar refractivity (Wildman–Crippen MR) is 76.5 cm³/mol. The molecule has 1 aromatic heterocycles. The van der Waals surface area contributed by atoms with E-state index in [1.807, 2.05) is 12.1 Å². The monoisotopic (exact) mass is 278 g/mol. The Hall–Kier alpha value is -0.830. The summed E-state index contributed by atoms with van der Waals surface area (Å²) in [5, 5.41) is 10.3. The molecule has 0 bridgehead atoms. The number of hydrogen-bond donors (Lipinski definition) is 1. The molecule has 0 radical (unpaired) electrons. The van der Waals surface area contributed by atoms with Crippen LogP contribution in [0.3, 0.4) is 0 Å². The van der Waals surface area contributed by atoms with Crippen molar-refractivity contribution in [2.45, 2.75) is 31.8 Å². The molecule has 0 fully saturated rings. The number of hydrogen-bond acceptors (Lipinski definition) is 2. The van der Waals surface area contributed by atoms with E-state index in [9.17, 15) is 5.11 Å². The summed E-state index contributed by atoms with van der Waals surface area (Å²) in [6, 6.07) is 10.3. The Morgan fingerprint density at radius 2 is 2.00 bits per heavy atom. The molecule has 1 aliphatic carbocycles. The lowest BCUT2D eigenvalue weighted by Gasteiger charge is -2.11. The first-order chi connectivity index (χ1) is 8.72. The lowest BCUT2D eigenvalue weighted by atomic mass is 10.0. The second-order valence-electron chi connectivity index (χ2n) is 4.81. The molecule has 1 N–H and O–H groups in total. The van der Waals surface area contributed by atoms with Gasteiger partial charge in [-0.05, 0) is 48.1 Å². The SMILES string of the molecule is OC(Cc1ccc(Cl)s1)c1ccc2c(c1)CCC2. The third kappa shape index (κ3) is 2.46. The lowest BCUT2D eigenvalue weighted by molar-refractivity contribution is 0.179. The van der Waals surface area contributed by atoms with E-state index >= 15 is 0 Å². The number of aryl methyl sites for hydroxylation is 2. The summed E-state index contributed by atoms with van der Waals surface area (Å²) < 4.78 is 0.783. The second kappa shape index (κ2) is 5.04. The predicted octanol–water partition coefficient (Wildman–Crippen LogP) is 4.17. The minimum atomic E-state index is -0.425. The van der Waals surface area contributed by atoms with Crippen molar-refractivity contribution in [3.8, 4) is 0 Å². The van der Waals surface area contributed by atoms with Crippen LogP contribution in [-0.4, -0.2) is 5.11 Å². The maximum Gasteiger partial charge on any atom is 0.0931 e. The normalized spacial score (nSPS) is 15.7. The van der Waals surface area contributed by atoms with Crippen molar-refractivity contribution in [2.75, 3.05) is 0 Å². The van der Waals surface area contributed by atoms with Gasteiger partial charge in [0, 0.05) is 11.3 Å². The summed E-state index contributed by atoms with van der Waals surface area (Å²) in [6.07, 6.45) is 3.81. The maximum atomic E-state index is 10.3. The first kappa shape index (κ1) is 12.2. The van der Waals surface area contributed by atoms with Crippen molar-refractivity contribution in [1.82, 2.24) is 0 Å². The molecule has 0 spiro atoms. The van der Waals surface area contributed by atoms with E-state index in [-0.39, 0.29) is 0 Å². The van der Waals surface area contributed by atoms with Gasteiger partial charge in [-0.2, -0.15) is 0 Å². The highest BCUT2D eigenvalue weighted by atomic mass is 35.5. The fourth-order valence-electron chi connectivity index (χ4n) is 2.57. The van der Waals surface area contributed by atoms with Crippen LogP contribution in [0.4, 0.5) is 0 Å². The minimum absolute atomic E-state index is 0.425. The summed E-state index contributed by atoms with van der Waals surface area (Å²) in [5.41, 5.74) is 3.89. The van der Waals surface area contributed by atoms with Crippen molar-refractivity contribution in [2.24, 2.45) is 0 Å². The molecule has 0 saturated carbocycles. The quantitative estimate of drug-likeness (QED) is 0.894. The van der Waals surface area contributed by atoms with Crippen molar-refractivity contribution >= 4 is 22.9 Å². The van der Waals surface area contributed by atoms with Gasteiger partial charge in [0.1, 0.15) is 0 Å². The molecule has 2 aromatic rings. The Labute approximate surface area is 116 Å². The van der Waals surface area contributed by atoms with Crippen LogP contribution in [0.2, 0.25) is 4.34 Å². The fourth-order valence-corrected chi connectivity index (χ4v) is 3.69. The van der Waals surface area contributed by atoms with Crippen molar-refractivity contribution in [3.05, 3.63) is 56.2 Å². The number of fused-ring (bicyclic) bond motifs is 1. The van der Waals surface area contributed by atoms with Crippen molar-refractivity contribution in [3.63, 3.8) is 0 Å². The van der Waals surface area contributed by atoms with Gasteiger partial charge in [0.2, 0.25) is 0 Å². The average molecular weight is 279 g/mol.